The molecule has 33 heavy (non-hydrogen) atoms. The SMILES string of the molecule is Cc1ccc(-c2ccc([C@H]3[C@@H](c4ccccn4)NC(=S)N3c3ccc(Br)c(C)c3)o2)cc1Cl. The lowest BCUT2D eigenvalue weighted by atomic mass is 10.0. The van der Waals surface area contributed by atoms with Crippen LogP contribution >= 0.6 is 39.7 Å². The summed E-state index contributed by atoms with van der Waals surface area (Å²) in [5.74, 6) is 1.56. The Hall–Kier alpha value is -2.67. The summed E-state index contributed by atoms with van der Waals surface area (Å²) >= 11 is 15.8. The lowest BCUT2D eigenvalue weighted by molar-refractivity contribution is 0.439. The third kappa shape index (κ3) is 4.19. The molecule has 1 aliphatic rings. The van der Waals surface area contributed by atoms with Gasteiger partial charge in [-0.25, -0.2) is 0 Å². The highest BCUT2D eigenvalue weighted by Crippen LogP contribution is 2.43. The van der Waals surface area contributed by atoms with Crippen LogP contribution in [-0.4, -0.2) is 10.1 Å². The summed E-state index contributed by atoms with van der Waals surface area (Å²) in [6, 6.07) is 21.7. The molecular weight excluding hydrogens is 518 g/mol. The lowest BCUT2D eigenvalue weighted by Gasteiger charge is -2.26. The number of aryl methyl sites for hydroxylation is 2. The van der Waals surface area contributed by atoms with E-state index in [2.05, 4.69) is 50.2 Å². The maximum atomic E-state index is 6.42. The van der Waals surface area contributed by atoms with Crippen LogP contribution < -0.4 is 10.2 Å². The first-order valence-electron chi connectivity index (χ1n) is 10.6. The van der Waals surface area contributed by atoms with Gasteiger partial charge in [0.2, 0.25) is 0 Å². The largest absolute Gasteiger partial charge is 0.459 e. The average Bonchev–Trinajstić information content (AvgIpc) is 3.43. The van der Waals surface area contributed by atoms with Crippen LogP contribution in [0.25, 0.3) is 11.3 Å². The van der Waals surface area contributed by atoms with Crippen LogP contribution in [0.4, 0.5) is 5.69 Å². The van der Waals surface area contributed by atoms with Crippen molar-refractivity contribution in [3.05, 3.63) is 105 Å². The first-order valence-corrected chi connectivity index (χ1v) is 12.1. The number of halogens is 2. The molecule has 1 N–H and O–H groups in total. The van der Waals surface area contributed by atoms with Crippen molar-refractivity contribution >= 4 is 50.5 Å². The number of anilines is 1. The van der Waals surface area contributed by atoms with Gasteiger partial charge in [0.25, 0.3) is 0 Å². The highest BCUT2D eigenvalue weighted by molar-refractivity contribution is 9.10. The van der Waals surface area contributed by atoms with Crippen molar-refractivity contribution < 1.29 is 4.42 Å². The van der Waals surface area contributed by atoms with E-state index in [9.17, 15) is 0 Å². The van der Waals surface area contributed by atoms with E-state index in [-0.39, 0.29) is 12.1 Å². The Morgan fingerprint density at radius 1 is 1.03 bits per heavy atom. The number of furan rings is 1. The highest BCUT2D eigenvalue weighted by Gasteiger charge is 2.42. The summed E-state index contributed by atoms with van der Waals surface area (Å²) in [5.41, 5.74) is 4.99. The van der Waals surface area contributed by atoms with E-state index in [1.165, 1.54) is 0 Å². The Morgan fingerprint density at radius 3 is 2.61 bits per heavy atom. The Bertz CT molecular complexity index is 1340. The fraction of sp³-hybridized carbons (Fsp3) is 0.154. The molecule has 2 atom stereocenters. The van der Waals surface area contributed by atoms with Crippen LogP contribution in [0.2, 0.25) is 5.02 Å². The van der Waals surface area contributed by atoms with Gasteiger partial charge in [0.05, 0.1) is 11.7 Å². The van der Waals surface area contributed by atoms with Crippen LogP contribution in [0.1, 0.15) is 34.7 Å². The van der Waals surface area contributed by atoms with E-state index >= 15 is 0 Å². The van der Waals surface area contributed by atoms with Crippen LogP contribution in [-0.2, 0) is 0 Å². The molecule has 1 saturated heterocycles. The lowest BCUT2D eigenvalue weighted by Crippen LogP contribution is -2.29. The Labute approximate surface area is 211 Å². The van der Waals surface area contributed by atoms with Gasteiger partial charge in [-0.3, -0.25) is 4.98 Å². The van der Waals surface area contributed by atoms with Crippen LogP contribution in [0.5, 0.6) is 0 Å². The Morgan fingerprint density at radius 2 is 1.88 bits per heavy atom. The first kappa shape index (κ1) is 22.1. The normalized spacial score (nSPS) is 17.9. The van der Waals surface area contributed by atoms with Crippen LogP contribution in [0, 0.1) is 13.8 Å². The third-order valence-corrected chi connectivity index (χ3v) is 7.50. The minimum atomic E-state index is -0.206. The summed E-state index contributed by atoms with van der Waals surface area (Å²) < 4.78 is 7.47. The Balaban J connectivity index is 1.61. The van der Waals surface area contributed by atoms with Gasteiger partial charge in [-0.1, -0.05) is 45.7 Å². The minimum absolute atomic E-state index is 0.164. The molecule has 166 valence electrons. The zero-order chi connectivity index (χ0) is 23.1. The van der Waals surface area contributed by atoms with Gasteiger partial charge in [-0.05, 0) is 85.7 Å². The van der Waals surface area contributed by atoms with Gasteiger partial charge < -0.3 is 14.6 Å². The molecule has 4 nitrogen and oxygen atoms in total. The van der Waals surface area contributed by atoms with Gasteiger partial charge in [0.15, 0.2) is 5.11 Å². The zero-order valence-electron chi connectivity index (χ0n) is 18.0. The molecule has 5 rings (SSSR count). The number of thiocarbonyl (C=S) groups is 1. The number of pyridine rings is 1. The van der Waals surface area contributed by atoms with E-state index in [4.69, 9.17) is 28.2 Å². The number of hydrogen-bond donors (Lipinski definition) is 1. The van der Waals surface area contributed by atoms with E-state index < -0.39 is 0 Å². The number of rotatable bonds is 4. The molecule has 2 aromatic heterocycles. The van der Waals surface area contributed by atoms with Gasteiger partial charge in [-0.15, -0.1) is 0 Å². The van der Waals surface area contributed by atoms with Crippen LogP contribution in [0.3, 0.4) is 0 Å². The number of benzene rings is 2. The highest BCUT2D eigenvalue weighted by atomic mass is 79.9. The molecule has 0 spiro atoms. The van der Waals surface area contributed by atoms with Crippen molar-refractivity contribution in [2.75, 3.05) is 4.90 Å². The van der Waals surface area contributed by atoms with E-state index in [1.807, 2.05) is 61.5 Å². The number of hydrogen-bond acceptors (Lipinski definition) is 3. The summed E-state index contributed by atoms with van der Waals surface area (Å²) in [5, 5.41) is 4.82. The summed E-state index contributed by atoms with van der Waals surface area (Å²) in [4.78, 5) is 6.71. The molecule has 7 heteroatoms. The first-order chi connectivity index (χ1) is 15.9. The quantitative estimate of drug-likeness (QED) is 0.272. The molecule has 0 saturated carbocycles. The van der Waals surface area contributed by atoms with Gasteiger partial charge in [-0.2, -0.15) is 0 Å². The molecule has 0 radical (unpaired) electrons. The molecule has 0 unspecified atom stereocenters. The number of nitrogens with zero attached hydrogens (tertiary/aromatic N) is 2. The summed E-state index contributed by atoms with van der Waals surface area (Å²) in [7, 11) is 0. The predicted octanol–water partition coefficient (Wildman–Crippen LogP) is 7.55. The third-order valence-electron chi connectivity index (χ3n) is 5.89. The molecule has 0 amide bonds. The van der Waals surface area contributed by atoms with Crippen molar-refractivity contribution in [3.8, 4) is 11.3 Å². The van der Waals surface area contributed by atoms with Crippen molar-refractivity contribution in [1.82, 2.24) is 10.3 Å². The minimum Gasteiger partial charge on any atom is -0.459 e. The summed E-state index contributed by atoms with van der Waals surface area (Å²) in [6.45, 7) is 4.05. The second-order valence-corrected chi connectivity index (χ2v) is 9.74. The molecule has 2 aromatic carbocycles. The van der Waals surface area contributed by atoms with Crippen LogP contribution in [0.15, 0.2) is 81.8 Å². The second kappa shape index (κ2) is 8.93. The standard InChI is InChI=1S/C26H21BrClN3OS/c1-15-6-7-17(14-20(15)28)22-10-11-23(32-22)25-24(21-5-3-4-12-29-21)30-26(33)31(25)18-8-9-19(27)16(2)13-18/h3-14,24-25H,1-2H3,(H,30,33)/t24-,25+/m1/s1. The number of aromatic nitrogens is 1. The molecule has 1 aliphatic heterocycles. The average molecular weight is 539 g/mol. The molecule has 4 aromatic rings. The van der Waals surface area contributed by atoms with Gasteiger partial charge in [0.1, 0.15) is 17.6 Å². The summed E-state index contributed by atoms with van der Waals surface area (Å²) in [6.07, 6.45) is 1.80. The van der Waals surface area contributed by atoms with Crippen molar-refractivity contribution in [2.45, 2.75) is 25.9 Å². The zero-order valence-corrected chi connectivity index (χ0v) is 21.2. The van der Waals surface area contributed by atoms with Gasteiger partial charge >= 0.3 is 0 Å². The van der Waals surface area contributed by atoms with Crippen molar-refractivity contribution in [1.29, 1.82) is 0 Å². The predicted molar refractivity (Wildman–Crippen MR) is 141 cm³/mol. The maximum Gasteiger partial charge on any atom is 0.174 e. The van der Waals surface area contributed by atoms with E-state index in [1.54, 1.807) is 6.20 Å². The number of nitrogens with one attached hydrogen (secondary N) is 1. The molecule has 3 heterocycles. The van der Waals surface area contributed by atoms with E-state index in [0.29, 0.717) is 10.1 Å². The smallest absolute Gasteiger partial charge is 0.174 e. The molecular formula is C26H21BrClN3OS. The second-order valence-electron chi connectivity index (χ2n) is 8.10. The van der Waals surface area contributed by atoms with Crippen molar-refractivity contribution in [3.63, 3.8) is 0 Å². The molecule has 1 fully saturated rings. The fourth-order valence-corrected chi connectivity index (χ4v) is 4.89. The van der Waals surface area contributed by atoms with Crippen molar-refractivity contribution in [2.24, 2.45) is 0 Å². The molecule has 0 aliphatic carbocycles. The maximum absolute atomic E-state index is 6.42. The van der Waals surface area contributed by atoms with E-state index in [0.717, 1.165) is 44.1 Å². The monoisotopic (exact) mass is 537 g/mol. The fourth-order valence-electron chi connectivity index (χ4n) is 4.11. The molecule has 0 bridgehead atoms. The Kier molecular flexibility index (Phi) is 5.99. The van der Waals surface area contributed by atoms with Gasteiger partial charge in [0, 0.05) is 26.9 Å². The topological polar surface area (TPSA) is 41.3 Å².